The van der Waals surface area contributed by atoms with Crippen LogP contribution in [0.1, 0.15) is 39.9 Å². The van der Waals surface area contributed by atoms with Gasteiger partial charge in [-0.2, -0.15) is 0 Å². The molecule has 0 bridgehead atoms. The highest BCUT2D eigenvalue weighted by atomic mass is 16.4. The zero-order valence-electron chi connectivity index (χ0n) is 10.4. The highest BCUT2D eigenvalue weighted by Crippen LogP contribution is 2.20. The Kier molecular flexibility index (Phi) is 3.48. The van der Waals surface area contributed by atoms with Gasteiger partial charge >= 0.3 is 5.97 Å². The van der Waals surface area contributed by atoms with Crippen molar-refractivity contribution in [2.45, 2.75) is 39.2 Å². The Bertz CT molecular complexity index is 434. The van der Waals surface area contributed by atoms with Crippen molar-refractivity contribution in [3.8, 4) is 0 Å². The number of nitrogens with one attached hydrogen (secondary N) is 1. The molecular weight excluding hydrogens is 214 g/mol. The Morgan fingerprint density at radius 3 is 2.82 bits per heavy atom. The lowest BCUT2D eigenvalue weighted by Crippen LogP contribution is -2.24. The van der Waals surface area contributed by atoms with Crippen LogP contribution in [0.4, 0.5) is 0 Å². The van der Waals surface area contributed by atoms with E-state index in [4.69, 9.17) is 5.11 Å². The van der Waals surface area contributed by atoms with Crippen molar-refractivity contribution >= 4 is 5.97 Å². The molecule has 2 N–H and O–H groups in total. The molecule has 17 heavy (non-hydrogen) atoms. The molecule has 1 heterocycles. The molecule has 1 aromatic carbocycles. The van der Waals surface area contributed by atoms with Gasteiger partial charge in [0.2, 0.25) is 0 Å². The van der Waals surface area contributed by atoms with Crippen molar-refractivity contribution < 1.29 is 9.90 Å². The van der Waals surface area contributed by atoms with Gasteiger partial charge in [0.1, 0.15) is 0 Å². The molecule has 1 unspecified atom stereocenters. The molecule has 1 aromatic rings. The summed E-state index contributed by atoms with van der Waals surface area (Å²) in [6, 6.07) is 4.09. The van der Waals surface area contributed by atoms with E-state index in [0.29, 0.717) is 11.6 Å². The predicted molar refractivity (Wildman–Crippen MR) is 67.6 cm³/mol. The molecule has 0 amide bonds. The number of carbonyl (C=O) groups is 1. The van der Waals surface area contributed by atoms with Crippen molar-refractivity contribution in [3.63, 3.8) is 0 Å². The first kappa shape index (κ1) is 12.1. The van der Waals surface area contributed by atoms with Crippen molar-refractivity contribution in [1.82, 2.24) is 5.32 Å². The molecule has 0 radical (unpaired) electrons. The molecule has 92 valence electrons. The summed E-state index contributed by atoms with van der Waals surface area (Å²) in [7, 11) is 0. The Morgan fingerprint density at radius 1 is 1.47 bits per heavy atom. The molecule has 0 saturated carbocycles. The number of aromatic carboxylic acids is 1. The number of benzene rings is 1. The normalized spacial score (nSPS) is 19.5. The lowest BCUT2D eigenvalue weighted by atomic mass is 9.94. The fourth-order valence-electron chi connectivity index (χ4n) is 2.46. The summed E-state index contributed by atoms with van der Waals surface area (Å²) >= 11 is 0. The topological polar surface area (TPSA) is 49.3 Å². The molecule has 0 aliphatic carbocycles. The van der Waals surface area contributed by atoms with E-state index in [-0.39, 0.29) is 0 Å². The maximum Gasteiger partial charge on any atom is 0.335 e. The summed E-state index contributed by atoms with van der Waals surface area (Å²) in [6.45, 7) is 5.14. The zero-order chi connectivity index (χ0) is 12.4. The minimum atomic E-state index is -0.839. The zero-order valence-corrected chi connectivity index (χ0v) is 10.4. The van der Waals surface area contributed by atoms with Gasteiger partial charge in [0.05, 0.1) is 5.56 Å². The van der Waals surface area contributed by atoms with Crippen LogP contribution >= 0.6 is 0 Å². The summed E-state index contributed by atoms with van der Waals surface area (Å²) in [5, 5.41) is 12.5. The summed E-state index contributed by atoms with van der Waals surface area (Å²) in [5.74, 6) is -0.839. The lowest BCUT2D eigenvalue weighted by Gasteiger charge is -2.15. The third kappa shape index (κ3) is 2.67. The van der Waals surface area contributed by atoms with Crippen LogP contribution in [0.3, 0.4) is 0 Å². The van der Waals surface area contributed by atoms with E-state index in [0.717, 1.165) is 18.5 Å². The maximum atomic E-state index is 11.0. The first-order valence-electron chi connectivity index (χ1n) is 6.14. The van der Waals surface area contributed by atoms with Crippen LogP contribution in [0, 0.1) is 13.8 Å². The number of hydrogen-bond acceptors (Lipinski definition) is 2. The summed E-state index contributed by atoms with van der Waals surface area (Å²) in [6.07, 6.45) is 3.35. The minimum absolute atomic E-state index is 0.404. The molecule has 1 fully saturated rings. The van der Waals surface area contributed by atoms with Gasteiger partial charge in [0, 0.05) is 6.04 Å². The Hall–Kier alpha value is -1.35. The molecule has 1 aliphatic rings. The van der Waals surface area contributed by atoms with Crippen LogP contribution in [0.15, 0.2) is 12.1 Å². The fraction of sp³-hybridized carbons (Fsp3) is 0.500. The van der Waals surface area contributed by atoms with Crippen molar-refractivity contribution in [2.24, 2.45) is 0 Å². The second-order valence-corrected chi connectivity index (χ2v) is 4.88. The fourth-order valence-corrected chi connectivity index (χ4v) is 2.46. The van der Waals surface area contributed by atoms with Gasteiger partial charge in [-0.1, -0.05) is 0 Å². The van der Waals surface area contributed by atoms with E-state index in [1.54, 1.807) is 6.07 Å². The molecule has 3 heteroatoms. The molecule has 1 saturated heterocycles. The van der Waals surface area contributed by atoms with Gasteiger partial charge in [-0.3, -0.25) is 0 Å². The van der Waals surface area contributed by atoms with Gasteiger partial charge < -0.3 is 10.4 Å². The molecule has 0 aromatic heterocycles. The summed E-state index contributed by atoms with van der Waals surface area (Å²) < 4.78 is 0. The predicted octanol–water partition coefficient (Wildman–Crippen LogP) is 2.30. The quantitative estimate of drug-likeness (QED) is 0.842. The standard InChI is InChI=1S/C14H19NO2/c1-9-6-12(14(16)17)7-11(10(9)2)8-13-4-3-5-15-13/h6-7,13,15H,3-5,8H2,1-2H3,(H,16,17). The van der Waals surface area contributed by atoms with Gasteiger partial charge in [0.25, 0.3) is 0 Å². The van der Waals surface area contributed by atoms with E-state index < -0.39 is 5.97 Å². The molecule has 0 spiro atoms. The van der Waals surface area contributed by atoms with Crippen LogP contribution in [0.25, 0.3) is 0 Å². The Balaban J connectivity index is 2.27. The van der Waals surface area contributed by atoms with E-state index >= 15 is 0 Å². The average Bonchev–Trinajstić information content (AvgIpc) is 2.77. The highest BCUT2D eigenvalue weighted by molar-refractivity contribution is 5.88. The Morgan fingerprint density at radius 2 is 2.24 bits per heavy atom. The number of carboxylic acid groups (broad SMARTS) is 1. The number of aryl methyl sites for hydroxylation is 1. The third-order valence-corrected chi connectivity index (χ3v) is 3.65. The van der Waals surface area contributed by atoms with Crippen molar-refractivity contribution in [3.05, 3.63) is 34.4 Å². The van der Waals surface area contributed by atoms with E-state index in [1.807, 2.05) is 13.0 Å². The van der Waals surface area contributed by atoms with Crippen LogP contribution < -0.4 is 5.32 Å². The van der Waals surface area contributed by atoms with E-state index in [2.05, 4.69) is 12.2 Å². The largest absolute Gasteiger partial charge is 0.478 e. The van der Waals surface area contributed by atoms with Crippen LogP contribution in [0.2, 0.25) is 0 Å². The van der Waals surface area contributed by atoms with E-state index in [1.165, 1.54) is 24.0 Å². The molecular formula is C14H19NO2. The maximum absolute atomic E-state index is 11.0. The first-order valence-corrected chi connectivity index (χ1v) is 6.14. The van der Waals surface area contributed by atoms with Crippen molar-refractivity contribution in [1.29, 1.82) is 0 Å². The van der Waals surface area contributed by atoms with Gasteiger partial charge in [0.15, 0.2) is 0 Å². The van der Waals surface area contributed by atoms with Gasteiger partial charge in [-0.15, -0.1) is 0 Å². The molecule has 2 rings (SSSR count). The van der Waals surface area contributed by atoms with Crippen LogP contribution in [-0.4, -0.2) is 23.7 Å². The first-order chi connectivity index (χ1) is 8.08. The number of rotatable bonds is 3. The molecule has 1 atom stereocenters. The SMILES string of the molecule is Cc1cc(C(=O)O)cc(CC2CCCN2)c1C. The average molecular weight is 233 g/mol. The smallest absolute Gasteiger partial charge is 0.335 e. The number of carboxylic acids is 1. The van der Waals surface area contributed by atoms with Gasteiger partial charge in [-0.25, -0.2) is 4.79 Å². The molecule has 1 aliphatic heterocycles. The monoisotopic (exact) mass is 233 g/mol. The Labute approximate surface area is 102 Å². The molecule has 3 nitrogen and oxygen atoms in total. The second-order valence-electron chi connectivity index (χ2n) is 4.88. The van der Waals surface area contributed by atoms with Crippen LogP contribution in [-0.2, 0) is 6.42 Å². The van der Waals surface area contributed by atoms with Gasteiger partial charge in [-0.05, 0) is 68.5 Å². The lowest BCUT2D eigenvalue weighted by molar-refractivity contribution is 0.0696. The van der Waals surface area contributed by atoms with Crippen LogP contribution in [0.5, 0.6) is 0 Å². The third-order valence-electron chi connectivity index (χ3n) is 3.65. The minimum Gasteiger partial charge on any atom is -0.478 e. The van der Waals surface area contributed by atoms with E-state index in [9.17, 15) is 4.79 Å². The second kappa shape index (κ2) is 4.88. The highest BCUT2D eigenvalue weighted by Gasteiger charge is 2.17. The summed E-state index contributed by atoms with van der Waals surface area (Å²) in [5.41, 5.74) is 3.87. The number of hydrogen-bond donors (Lipinski definition) is 2. The summed E-state index contributed by atoms with van der Waals surface area (Å²) in [4.78, 5) is 11.0. The van der Waals surface area contributed by atoms with Crippen molar-refractivity contribution in [2.75, 3.05) is 6.54 Å².